The molecule has 0 radical (unpaired) electrons. The van der Waals surface area contributed by atoms with Gasteiger partial charge in [-0.15, -0.1) is 0 Å². The number of nitrogens with two attached hydrogens (primary N) is 1. The van der Waals surface area contributed by atoms with Gasteiger partial charge < -0.3 is 15.4 Å². The van der Waals surface area contributed by atoms with E-state index >= 15 is 0 Å². The van der Waals surface area contributed by atoms with Crippen LogP contribution in [0.4, 0.5) is 8.78 Å². The third-order valence-corrected chi connectivity index (χ3v) is 3.28. The first-order chi connectivity index (χ1) is 9.56. The molecule has 1 amide bonds. The van der Waals surface area contributed by atoms with E-state index in [-0.39, 0.29) is 25.1 Å². The molecule has 1 aliphatic rings. The Labute approximate surface area is 116 Å². The molecule has 0 heterocycles. The minimum absolute atomic E-state index is 0.0400. The lowest BCUT2D eigenvalue weighted by Crippen LogP contribution is -2.36. The summed E-state index contributed by atoms with van der Waals surface area (Å²) in [5.41, 5.74) is 5.66. The van der Waals surface area contributed by atoms with Gasteiger partial charge in [-0.05, 0) is 37.5 Å². The number of likely N-dealkylation sites (N-methyl/N-ethyl adjacent to an activating group) is 1. The summed E-state index contributed by atoms with van der Waals surface area (Å²) >= 11 is 0. The standard InChI is InChI=1S/C14H18F2N2O2/c1-2-18(10-3-4-10)13(19)8-20-14-11(15)5-9(7-17)6-12(14)16/h5-6,10H,2-4,7-8,17H2,1H3. The maximum atomic E-state index is 13.7. The summed E-state index contributed by atoms with van der Waals surface area (Å²) in [6.07, 6.45) is 1.96. The van der Waals surface area contributed by atoms with Crippen LogP contribution < -0.4 is 10.5 Å². The van der Waals surface area contributed by atoms with E-state index < -0.39 is 17.4 Å². The van der Waals surface area contributed by atoms with E-state index in [1.54, 1.807) is 4.90 Å². The normalized spacial score (nSPS) is 14.2. The number of rotatable bonds is 6. The highest BCUT2D eigenvalue weighted by molar-refractivity contribution is 5.78. The number of halogens is 2. The minimum Gasteiger partial charge on any atom is -0.478 e. The van der Waals surface area contributed by atoms with Crippen molar-refractivity contribution in [3.05, 3.63) is 29.3 Å². The number of carbonyl (C=O) groups excluding carboxylic acids is 1. The minimum atomic E-state index is -0.840. The summed E-state index contributed by atoms with van der Waals surface area (Å²) in [5.74, 6) is -2.46. The molecule has 4 nitrogen and oxygen atoms in total. The number of hydrogen-bond donors (Lipinski definition) is 1. The van der Waals surface area contributed by atoms with Crippen LogP contribution in [0.5, 0.6) is 5.75 Å². The topological polar surface area (TPSA) is 55.6 Å². The predicted molar refractivity (Wildman–Crippen MR) is 70.2 cm³/mol. The Morgan fingerprint density at radius 3 is 2.45 bits per heavy atom. The molecule has 110 valence electrons. The van der Waals surface area contributed by atoms with E-state index in [2.05, 4.69) is 0 Å². The molecule has 1 aliphatic carbocycles. The fourth-order valence-electron chi connectivity index (χ4n) is 2.11. The molecule has 0 saturated heterocycles. The van der Waals surface area contributed by atoms with Gasteiger partial charge in [0.2, 0.25) is 0 Å². The van der Waals surface area contributed by atoms with Crippen LogP contribution in [0.1, 0.15) is 25.3 Å². The number of hydrogen-bond acceptors (Lipinski definition) is 3. The summed E-state index contributed by atoms with van der Waals surface area (Å²) in [6, 6.07) is 2.48. The van der Waals surface area contributed by atoms with Crippen LogP contribution in [0, 0.1) is 11.6 Å². The van der Waals surface area contributed by atoms with E-state index in [0.29, 0.717) is 12.1 Å². The molecule has 0 atom stereocenters. The van der Waals surface area contributed by atoms with E-state index in [4.69, 9.17) is 10.5 Å². The molecule has 0 aliphatic heterocycles. The Bertz CT molecular complexity index is 481. The zero-order chi connectivity index (χ0) is 14.7. The lowest BCUT2D eigenvalue weighted by Gasteiger charge is -2.20. The second kappa shape index (κ2) is 6.17. The number of ether oxygens (including phenoxy) is 1. The fraction of sp³-hybridized carbons (Fsp3) is 0.500. The number of nitrogens with zero attached hydrogens (tertiary/aromatic N) is 1. The molecular weight excluding hydrogens is 266 g/mol. The quantitative estimate of drug-likeness (QED) is 0.867. The molecule has 0 spiro atoms. The smallest absolute Gasteiger partial charge is 0.260 e. The number of benzene rings is 1. The van der Waals surface area contributed by atoms with Crippen LogP contribution >= 0.6 is 0 Å². The highest BCUT2D eigenvalue weighted by atomic mass is 19.1. The lowest BCUT2D eigenvalue weighted by atomic mass is 10.2. The first-order valence-electron chi connectivity index (χ1n) is 6.67. The maximum absolute atomic E-state index is 13.7. The van der Waals surface area contributed by atoms with Crippen molar-refractivity contribution < 1.29 is 18.3 Å². The zero-order valence-corrected chi connectivity index (χ0v) is 11.4. The Morgan fingerprint density at radius 1 is 1.40 bits per heavy atom. The van der Waals surface area contributed by atoms with Crippen LogP contribution in [0.2, 0.25) is 0 Å². The van der Waals surface area contributed by atoms with Crippen molar-refractivity contribution in [2.45, 2.75) is 32.4 Å². The van der Waals surface area contributed by atoms with Crippen molar-refractivity contribution in [1.29, 1.82) is 0 Å². The van der Waals surface area contributed by atoms with Crippen molar-refractivity contribution >= 4 is 5.91 Å². The van der Waals surface area contributed by atoms with Gasteiger partial charge in [-0.25, -0.2) is 8.78 Å². The van der Waals surface area contributed by atoms with Crippen molar-refractivity contribution in [1.82, 2.24) is 4.90 Å². The molecule has 1 fully saturated rings. The van der Waals surface area contributed by atoms with Gasteiger partial charge in [-0.2, -0.15) is 0 Å². The molecule has 1 aromatic carbocycles. The van der Waals surface area contributed by atoms with Crippen molar-refractivity contribution in [3.63, 3.8) is 0 Å². The highest BCUT2D eigenvalue weighted by Crippen LogP contribution is 2.27. The van der Waals surface area contributed by atoms with Crippen LogP contribution in [0.25, 0.3) is 0 Å². The monoisotopic (exact) mass is 284 g/mol. The largest absolute Gasteiger partial charge is 0.478 e. The van der Waals surface area contributed by atoms with Gasteiger partial charge in [0.25, 0.3) is 5.91 Å². The Morgan fingerprint density at radius 2 is 2.00 bits per heavy atom. The molecule has 2 N–H and O–H groups in total. The van der Waals surface area contributed by atoms with E-state index in [1.165, 1.54) is 0 Å². The van der Waals surface area contributed by atoms with Gasteiger partial charge in [0.15, 0.2) is 24.0 Å². The summed E-state index contributed by atoms with van der Waals surface area (Å²) in [7, 11) is 0. The summed E-state index contributed by atoms with van der Waals surface area (Å²) in [5, 5.41) is 0. The van der Waals surface area contributed by atoms with Crippen molar-refractivity contribution in [2.75, 3.05) is 13.2 Å². The van der Waals surface area contributed by atoms with Gasteiger partial charge in [0, 0.05) is 19.1 Å². The van der Waals surface area contributed by atoms with Crippen LogP contribution in [0.15, 0.2) is 12.1 Å². The van der Waals surface area contributed by atoms with E-state index in [0.717, 1.165) is 25.0 Å². The maximum Gasteiger partial charge on any atom is 0.260 e. The molecule has 20 heavy (non-hydrogen) atoms. The summed E-state index contributed by atoms with van der Waals surface area (Å²) < 4.78 is 32.3. The Kier molecular flexibility index (Phi) is 4.54. The SMILES string of the molecule is CCN(C(=O)COc1c(F)cc(CN)cc1F)C1CC1. The lowest BCUT2D eigenvalue weighted by molar-refractivity contribution is -0.133. The van der Waals surface area contributed by atoms with Gasteiger partial charge in [-0.1, -0.05) is 0 Å². The first-order valence-corrected chi connectivity index (χ1v) is 6.67. The second-order valence-corrected chi connectivity index (χ2v) is 4.79. The van der Waals surface area contributed by atoms with Crippen LogP contribution in [-0.2, 0) is 11.3 Å². The molecule has 0 bridgehead atoms. The van der Waals surface area contributed by atoms with Gasteiger partial charge in [0.05, 0.1) is 0 Å². The van der Waals surface area contributed by atoms with Crippen molar-refractivity contribution in [2.24, 2.45) is 5.73 Å². The van der Waals surface area contributed by atoms with Gasteiger partial charge in [-0.3, -0.25) is 4.79 Å². The number of carbonyl (C=O) groups is 1. The molecular formula is C14H18F2N2O2. The molecule has 1 aromatic rings. The molecule has 0 unspecified atom stereocenters. The summed E-state index contributed by atoms with van der Waals surface area (Å²) in [4.78, 5) is 13.6. The third-order valence-electron chi connectivity index (χ3n) is 3.28. The van der Waals surface area contributed by atoms with Crippen LogP contribution in [-0.4, -0.2) is 30.0 Å². The van der Waals surface area contributed by atoms with Crippen molar-refractivity contribution in [3.8, 4) is 5.75 Å². The average Bonchev–Trinajstić information content (AvgIpc) is 3.23. The Balaban J connectivity index is 2.01. The Hall–Kier alpha value is -1.69. The fourth-order valence-corrected chi connectivity index (χ4v) is 2.11. The van der Waals surface area contributed by atoms with Gasteiger partial charge >= 0.3 is 0 Å². The van der Waals surface area contributed by atoms with E-state index in [9.17, 15) is 13.6 Å². The third kappa shape index (κ3) is 3.25. The van der Waals surface area contributed by atoms with E-state index in [1.807, 2.05) is 6.92 Å². The molecule has 0 aromatic heterocycles. The van der Waals surface area contributed by atoms with Gasteiger partial charge in [0.1, 0.15) is 0 Å². The zero-order valence-electron chi connectivity index (χ0n) is 11.4. The molecule has 1 saturated carbocycles. The first kappa shape index (κ1) is 14.7. The highest BCUT2D eigenvalue weighted by Gasteiger charge is 2.31. The van der Waals surface area contributed by atoms with Crippen LogP contribution in [0.3, 0.4) is 0 Å². The molecule has 6 heteroatoms. The predicted octanol–water partition coefficient (Wildman–Crippen LogP) is 1.81. The average molecular weight is 284 g/mol. The second-order valence-electron chi connectivity index (χ2n) is 4.79. The number of amides is 1. The summed E-state index contributed by atoms with van der Waals surface area (Å²) in [6.45, 7) is 2.12. The molecule has 2 rings (SSSR count).